The van der Waals surface area contributed by atoms with E-state index in [1.807, 2.05) is 24.3 Å². The summed E-state index contributed by atoms with van der Waals surface area (Å²) >= 11 is 0. The molecule has 0 aliphatic rings. The molecule has 0 aliphatic carbocycles. The first kappa shape index (κ1) is 29.8. The number of rotatable bonds is 12. The summed E-state index contributed by atoms with van der Waals surface area (Å²) in [4.78, 5) is 13.8. The average molecular weight is 546 g/mol. The van der Waals surface area contributed by atoms with Crippen molar-refractivity contribution in [3.05, 3.63) is 126 Å². The molecule has 4 aromatic carbocycles. The van der Waals surface area contributed by atoms with E-state index < -0.39 is 0 Å². The minimum atomic E-state index is -0.353. The Morgan fingerprint density at radius 1 is 0.769 bits per heavy atom. The number of benzene rings is 4. The monoisotopic (exact) mass is 545 g/mol. The maximum Gasteiger partial charge on any atom is 0.308 e. The minimum absolute atomic E-state index is 0. The van der Waals surface area contributed by atoms with Crippen molar-refractivity contribution in [3.63, 3.8) is 0 Å². The standard InChI is InChI=1S/C33H35NO4.ClH/c1-25(24-37-31-15-10-16-32(21-31)38-26(2)35)34(22-27-17-19-30(36-3)20-18-27)23-33(28-11-6-4-7-12-28)29-13-8-5-9-14-29;/h4-21,25,33H,22-24H2,1-3H3;1H. The van der Waals surface area contributed by atoms with Crippen LogP contribution in [0.4, 0.5) is 0 Å². The summed E-state index contributed by atoms with van der Waals surface area (Å²) in [5, 5.41) is 0. The number of ether oxygens (including phenoxy) is 3. The van der Waals surface area contributed by atoms with E-state index in [1.54, 1.807) is 19.2 Å². The molecule has 0 bridgehead atoms. The number of methoxy groups -OCH3 is 1. The smallest absolute Gasteiger partial charge is 0.308 e. The average Bonchev–Trinajstić information content (AvgIpc) is 2.95. The maximum absolute atomic E-state index is 11.4. The lowest BCUT2D eigenvalue weighted by atomic mass is 9.90. The van der Waals surface area contributed by atoms with Gasteiger partial charge in [0.1, 0.15) is 23.9 Å². The zero-order valence-corrected chi connectivity index (χ0v) is 23.5. The van der Waals surface area contributed by atoms with Crippen LogP contribution < -0.4 is 14.2 Å². The molecule has 6 heteroatoms. The van der Waals surface area contributed by atoms with E-state index in [9.17, 15) is 4.79 Å². The predicted molar refractivity (Wildman–Crippen MR) is 158 cm³/mol. The number of esters is 1. The van der Waals surface area contributed by atoms with Gasteiger partial charge in [0.25, 0.3) is 0 Å². The predicted octanol–water partition coefficient (Wildman–Crippen LogP) is 7.14. The van der Waals surface area contributed by atoms with Crippen LogP contribution in [0.25, 0.3) is 0 Å². The molecular weight excluding hydrogens is 510 g/mol. The summed E-state index contributed by atoms with van der Waals surface area (Å²) in [7, 11) is 1.68. The quantitative estimate of drug-likeness (QED) is 0.140. The molecule has 4 rings (SSSR count). The van der Waals surface area contributed by atoms with Gasteiger partial charge in [0.05, 0.1) is 7.11 Å². The van der Waals surface area contributed by atoms with E-state index in [1.165, 1.54) is 23.6 Å². The summed E-state index contributed by atoms with van der Waals surface area (Å²) in [6.07, 6.45) is 0. The Morgan fingerprint density at radius 2 is 1.36 bits per heavy atom. The molecule has 5 nitrogen and oxygen atoms in total. The maximum atomic E-state index is 11.4. The van der Waals surface area contributed by atoms with Gasteiger partial charge in [0, 0.05) is 38.0 Å². The van der Waals surface area contributed by atoms with Crippen LogP contribution in [0.2, 0.25) is 0 Å². The Bertz CT molecular complexity index is 1240. The van der Waals surface area contributed by atoms with Crippen LogP contribution in [0.15, 0.2) is 109 Å². The molecule has 1 unspecified atom stereocenters. The summed E-state index contributed by atoms with van der Waals surface area (Å²) in [5.74, 6) is 1.84. The van der Waals surface area contributed by atoms with Gasteiger partial charge in [-0.15, -0.1) is 12.4 Å². The fraction of sp³-hybridized carbons (Fsp3) is 0.242. The molecule has 0 aromatic heterocycles. The molecule has 0 fully saturated rings. The highest BCUT2D eigenvalue weighted by molar-refractivity contribution is 5.85. The summed E-state index contributed by atoms with van der Waals surface area (Å²) in [6.45, 7) is 5.64. The third-order valence-corrected chi connectivity index (χ3v) is 6.55. The highest BCUT2D eigenvalue weighted by Gasteiger charge is 2.23. The van der Waals surface area contributed by atoms with Crippen LogP contribution >= 0.6 is 12.4 Å². The number of nitrogens with zero attached hydrogens (tertiary/aromatic N) is 1. The molecule has 0 spiro atoms. The van der Waals surface area contributed by atoms with Gasteiger partial charge < -0.3 is 14.2 Å². The van der Waals surface area contributed by atoms with Crippen molar-refractivity contribution in [2.75, 3.05) is 20.3 Å². The SMILES string of the molecule is COc1ccc(CN(CC(c2ccccc2)c2ccccc2)C(C)COc2cccc(OC(C)=O)c2)cc1.Cl. The van der Waals surface area contributed by atoms with Crippen molar-refractivity contribution >= 4 is 18.4 Å². The van der Waals surface area contributed by atoms with E-state index >= 15 is 0 Å². The van der Waals surface area contributed by atoms with Crippen molar-refractivity contribution in [2.45, 2.75) is 32.4 Å². The van der Waals surface area contributed by atoms with Gasteiger partial charge >= 0.3 is 5.97 Å². The van der Waals surface area contributed by atoms with Crippen LogP contribution in [-0.4, -0.2) is 37.2 Å². The van der Waals surface area contributed by atoms with E-state index in [0.717, 1.165) is 18.8 Å². The van der Waals surface area contributed by atoms with E-state index in [0.29, 0.717) is 18.1 Å². The first-order valence-corrected chi connectivity index (χ1v) is 12.9. The first-order valence-electron chi connectivity index (χ1n) is 12.9. The van der Waals surface area contributed by atoms with Crippen LogP contribution in [0.3, 0.4) is 0 Å². The molecule has 0 amide bonds. The Labute approximate surface area is 237 Å². The highest BCUT2D eigenvalue weighted by Crippen LogP contribution is 2.28. The highest BCUT2D eigenvalue weighted by atomic mass is 35.5. The van der Waals surface area contributed by atoms with E-state index in [2.05, 4.69) is 84.6 Å². The minimum Gasteiger partial charge on any atom is -0.497 e. The molecule has 0 saturated carbocycles. The molecular formula is C33H36ClNO4. The second-order valence-corrected chi connectivity index (χ2v) is 9.38. The van der Waals surface area contributed by atoms with Gasteiger partial charge in [0.2, 0.25) is 0 Å². The normalized spacial score (nSPS) is 11.5. The zero-order valence-electron chi connectivity index (χ0n) is 22.7. The number of hydrogen-bond acceptors (Lipinski definition) is 5. The number of halogens is 1. The Hall–Kier alpha value is -3.80. The van der Waals surface area contributed by atoms with Gasteiger partial charge in [-0.2, -0.15) is 0 Å². The zero-order chi connectivity index (χ0) is 26.7. The van der Waals surface area contributed by atoms with Crippen molar-refractivity contribution in [2.24, 2.45) is 0 Å². The van der Waals surface area contributed by atoms with Crippen molar-refractivity contribution in [3.8, 4) is 17.2 Å². The molecule has 1 atom stereocenters. The lowest BCUT2D eigenvalue weighted by Crippen LogP contribution is -2.39. The fourth-order valence-electron chi connectivity index (χ4n) is 4.49. The molecule has 0 saturated heterocycles. The van der Waals surface area contributed by atoms with Gasteiger partial charge in [-0.25, -0.2) is 0 Å². The number of hydrogen-bond donors (Lipinski definition) is 0. The number of carbonyl (C=O) groups excluding carboxylic acids is 1. The Balaban J connectivity index is 0.00000420. The lowest BCUT2D eigenvalue weighted by Gasteiger charge is -2.33. The van der Waals surface area contributed by atoms with Crippen LogP contribution in [0.5, 0.6) is 17.2 Å². The summed E-state index contributed by atoms with van der Waals surface area (Å²) in [5.41, 5.74) is 3.76. The van der Waals surface area contributed by atoms with Crippen LogP contribution in [0, 0.1) is 0 Å². The molecule has 4 aromatic rings. The van der Waals surface area contributed by atoms with Crippen LogP contribution in [0.1, 0.15) is 36.5 Å². The van der Waals surface area contributed by atoms with Crippen molar-refractivity contribution < 1.29 is 19.0 Å². The lowest BCUT2D eigenvalue weighted by molar-refractivity contribution is -0.131. The number of carbonyl (C=O) groups is 1. The topological polar surface area (TPSA) is 48.0 Å². The van der Waals surface area contributed by atoms with E-state index in [4.69, 9.17) is 14.2 Å². The summed E-state index contributed by atoms with van der Waals surface area (Å²) in [6, 6.07) is 36.8. The van der Waals surface area contributed by atoms with Gasteiger partial charge in [0.15, 0.2) is 0 Å². The fourth-order valence-corrected chi connectivity index (χ4v) is 4.49. The molecule has 39 heavy (non-hydrogen) atoms. The first-order chi connectivity index (χ1) is 18.5. The largest absolute Gasteiger partial charge is 0.497 e. The second kappa shape index (κ2) is 15.0. The Kier molecular flexibility index (Phi) is 11.4. The van der Waals surface area contributed by atoms with Gasteiger partial charge in [-0.05, 0) is 47.9 Å². The molecule has 204 valence electrons. The molecule has 0 radical (unpaired) electrons. The van der Waals surface area contributed by atoms with Crippen molar-refractivity contribution in [1.82, 2.24) is 4.90 Å². The second-order valence-electron chi connectivity index (χ2n) is 9.38. The third kappa shape index (κ3) is 8.88. The van der Waals surface area contributed by atoms with Gasteiger partial charge in [-0.3, -0.25) is 9.69 Å². The third-order valence-electron chi connectivity index (χ3n) is 6.55. The Morgan fingerprint density at radius 3 is 1.92 bits per heavy atom. The molecule has 0 aliphatic heterocycles. The van der Waals surface area contributed by atoms with E-state index in [-0.39, 0.29) is 30.3 Å². The van der Waals surface area contributed by atoms with Crippen molar-refractivity contribution in [1.29, 1.82) is 0 Å². The molecule has 0 N–H and O–H groups in total. The van der Waals surface area contributed by atoms with Crippen LogP contribution in [-0.2, 0) is 11.3 Å². The van der Waals surface area contributed by atoms with Gasteiger partial charge in [-0.1, -0.05) is 78.9 Å². The summed E-state index contributed by atoms with van der Waals surface area (Å²) < 4.78 is 16.8. The molecule has 0 heterocycles.